The Morgan fingerprint density at radius 2 is 0.846 bits per heavy atom. The number of hydrogen-bond acceptors (Lipinski definition) is 0. The Kier molecular flexibility index (Phi) is 6.99. The average Bonchev–Trinajstić information content (AvgIpc) is 2.69. The second kappa shape index (κ2) is 9.66. The van der Waals surface area contributed by atoms with Crippen molar-refractivity contribution in [2.45, 2.75) is 78.3 Å². The molecule has 2 heteroatoms. The number of aryl methyl sites for hydroxylation is 2. The summed E-state index contributed by atoms with van der Waals surface area (Å²) in [5.41, 5.74) is 5.49. The lowest BCUT2D eigenvalue weighted by Gasteiger charge is -2.07. The Labute approximate surface area is 158 Å². The molecule has 0 aliphatic carbocycles. The average molecular weight is 351 g/mol. The summed E-state index contributed by atoms with van der Waals surface area (Å²) in [6.45, 7) is 6.78. The van der Waals surface area contributed by atoms with Gasteiger partial charge in [0.15, 0.2) is 0 Å². The SMILES string of the molecule is CCCCCC[n+]1c2ccccc2[n+](CCCCCC)c2ccccc21. The Morgan fingerprint density at radius 3 is 1.15 bits per heavy atom. The van der Waals surface area contributed by atoms with Gasteiger partial charge in [-0.15, -0.1) is 0 Å². The van der Waals surface area contributed by atoms with Gasteiger partial charge in [0.2, 0.25) is 0 Å². The zero-order valence-corrected chi connectivity index (χ0v) is 16.6. The van der Waals surface area contributed by atoms with E-state index in [4.69, 9.17) is 0 Å². The number of unbranched alkanes of at least 4 members (excludes halogenated alkanes) is 6. The molecule has 1 heterocycles. The van der Waals surface area contributed by atoms with E-state index in [0.717, 1.165) is 13.1 Å². The molecule has 0 amide bonds. The van der Waals surface area contributed by atoms with Gasteiger partial charge in [-0.05, 0) is 12.8 Å². The van der Waals surface area contributed by atoms with E-state index in [1.807, 2.05) is 0 Å². The van der Waals surface area contributed by atoms with Crippen LogP contribution < -0.4 is 9.13 Å². The maximum Gasteiger partial charge on any atom is 0.278 e. The fourth-order valence-corrected chi connectivity index (χ4v) is 3.98. The topological polar surface area (TPSA) is 7.76 Å². The first-order valence-corrected chi connectivity index (χ1v) is 10.6. The van der Waals surface area contributed by atoms with E-state index < -0.39 is 0 Å². The minimum Gasteiger partial charge on any atom is -0.181 e. The van der Waals surface area contributed by atoms with Crippen LogP contribution in [0.4, 0.5) is 0 Å². The van der Waals surface area contributed by atoms with Crippen LogP contribution in [0.3, 0.4) is 0 Å². The van der Waals surface area contributed by atoms with E-state index in [0.29, 0.717) is 0 Å². The molecule has 0 unspecified atom stereocenters. The van der Waals surface area contributed by atoms with Crippen molar-refractivity contribution in [3.63, 3.8) is 0 Å². The second-order valence-corrected chi connectivity index (χ2v) is 7.40. The Morgan fingerprint density at radius 1 is 0.500 bits per heavy atom. The van der Waals surface area contributed by atoms with Gasteiger partial charge in [-0.3, -0.25) is 0 Å². The van der Waals surface area contributed by atoms with Gasteiger partial charge in [0.25, 0.3) is 22.1 Å². The third-order valence-corrected chi connectivity index (χ3v) is 5.40. The van der Waals surface area contributed by atoms with Gasteiger partial charge in [0.05, 0.1) is 0 Å². The lowest BCUT2D eigenvalue weighted by molar-refractivity contribution is -0.684. The predicted octanol–water partition coefficient (Wildman–Crippen LogP) is 5.73. The van der Waals surface area contributed by atoms with Crippen LogP contribution in [0.5, 0.6) is 0 Å². The summed E-state index contributed by atoms with van der Waals surface area (Å²) in [6, 6.07) is 17.9. The van der Waals surface area contributed by atoms with Gasteiger partial charge in [0.1, 0.15) is 13.1 Å². The minimum atomic E-state index is 1.11. The molecule has 1 aromatic heterocycles. The number of benzene rings is 2. The molecule has 0 fully saturated rings. The summed E-state index contributed by atoms with van der Waals surface area (Å²) < 4.78 is 5.09. The molecule has 0 atom stereocenters. The van der Waals surface area contributed by atoms with Crippen LogP contribution in [-0.4, -0.2) is 0 Å². The minimum absolute atomic E-state index is 1.11. The Hall–Kier alpha value is -1.96. The standard InChI is InChI=1S/C24H34N2/c1-3-5-7-13-19-25-21-15-9-11-17-23(21)26(20-14-8-6-4-2)24-18-12-10-16-22(24)25/h9-12,15-18H,3-8,13-14,19-20H2,1-2H3/q+2. The molecule has 0 saturated carbocycles. The molecule has 0 N–H and O–H groups in total. The molecule has 0 radical (unpaired) electrons. The lowest BCUT2D eigenvalue weighted by Crippen LogP contribution is -2.45. The van der Waals surface area contributed by atoms with Crippen LogP contribution in [0.1, 0.15) is 65.2 Å². The van der Waals surface area contributed by atoms with Crippen molar-refractivity contribution in [3.05, 3.63) is 48.5 Å². The molecule has 0 aliphatic rings. The summed E-state index contributed by atoms with van der Waals surface area (Å²) in [7, 11) is 0. The van der Waals surface area contributed by atoms with E-state index in [9.17, 15) is 0 Å². The lowest BCUT2D eigenvalue weighted by atomic mass is 10.1. The highest BCUT2D eigenvalue weighted by Gasteiger charge is 2.25. The first-order chi connectivity index (χ1) is 12.9. The molecule has 2 aromatic carbocycles. The highest BCUT2D eigenvalue weighted by molar-refractivity contribution is 5.75. The fourth-order valence-electron chi connectivity index (χ4n) is 3.98. The number of fused-ring (bicyclic) bond motifs is 2. The van der Waals surface area contributed by atoms with Gasteiger partial charge in [-0.1, -0.05) is 63.8 Å². The highest BCUT2D eigenvalue weighted by atomic mass is 15.1. The normalized spacial score (nSPS) is 11.5. The molecule has 26 heavy (non-hydrogen) atoms. The number of aromatic nitrogens is 2. The van der Waals surface area contributed by atoms with Gasteiger partial charge < -0.3 is 0 Å². The largest absolute Gasteiger partial charge is 0.278 e. The summed E-state index contributed by atoms with van der Waals surface area (Å²) in [5.74, 6) is 0. The molecule has 0 spiro atoms. The predicted molar refractivity (Wildman–Crippen MR) is 110 cm³/mol. The fraction of sp³-hybridized carbons (Fsp3) is 0.500. The monoisotopic (exact) mass is 350 g/mol. The molecule has 0 aliphatic heterocycles. The zero-order chi connectivity index (χ0) is 18.2. The summed E-state index contributed by atoms with van der Waals surface area (Å²) in [5, 5.41) is 0. The van der Waals surface area contributed by atoms with Crippen molar-refractivity contribution in [2.75, 3.05) is 0 Å². The zero-order valence-electron chi connectivity index (χ0n) is 16.6. The maximum atomic E-state index is 2.54. The third kappa shape index (κ3) is 4.23. The number of hydrogen-bond donors (Lipinski definition) is 0. The first-order valence-electron chi connectivity index (χ1n) is 10.6. The van der Waals surface area contributed by atoms with Gasteiger partial charge in [-0.2, -0.15) is 9.13 Å². The molecular formula is C24H34N2+2. The number of para-hydroxylation sites is 4. The second-order valence-electron chi connectivity index (χ2n) is 7.40. The summed E-state index contributed by atoms with van der Waals surface area (Å²) in [6.07, 6.45) is 10.4. The smallest absolute Gasteiger partial charge is 0.181 e. The molecule has 0 bridgehead atoms. The molecule has 2 nitrogen and oxygen atoms in total. The van der Waals surface area contributed by atoms with Crippen LogP contribution in [0, 0.1) is 0 Å². The molecule has 3 rings (SSSR count). The van der Waals surface area contributed by atoms with Crippen LogP contribution >= 0.6 is 0 Å². The van der Waals surface area contributed by atoms with Gasteiger partial charge >= 0.3 is 0 Å². The van der Waals surface area contributed by atoms with Gasteiger partial charge in [-0.25, -0.2) is 0 Å². The van der Waals surface area contributed by atoms with Crippen LogP contribution in [0.15, 0.2) is 48.5 Å². The highest BCUT2D eigenvalue weighted by Crippen LogP contribution is 2.14. The molecule has 138 valence electrons. The number of rotatable bonds is 10. The summed E-state index contributed by atoms with van der Waals surface area (Å²) >= 11 is 0. The van der Waals surface area contributed by atoms with Crippen molar-refractivity contribution in [2.24, 2.45) is 0 Å². The van der Waals surface area contributed by atoms with Crippen molar-refractivity contribution in [1.82, 2.24) is 0 Å². The van der Waals surface area contributed by atoms with E-state index >= 15 is 0 Å². The number of nitrogens with zero attached hydrogens (tertiary/aromatic N) is 2. The maximum absolute atomic E-state index is 2.54. The van der Waals surface area contributed by atoms with E-state index in [1.54, 1.807) is 0 Å². The van der Waals surface area contributed by atoms with Crippen LogP contribution in [-0.2, 0) is 13.1 Å². The van der Waals surface area contributed by atoms with Crippen molar-refractivity contribution in [1.29, 1.82) is 0 Å². The molecule has 0 saturated heterocycles. The first kappa shape index (κ1) is 18.8. The Balaban J connectivity index is 2.03. The summed E-state index contributed by atoms with van der Waals surface area (Å²) in [4.78, 5) is 0. The van der Waals surface area contributed by atoms with Crippen molar-refractivity contribution >= 4 is 22.1 Å². The van der Waals surface area contributed by atoms with E-state index in [-0.39, 0.29) is 0 Å². The van der Waals surface area contributed by atoms with Crippen LogP contribution in [0.25, 0.3) is 22.1 Å². The Bertz CT molecular complexity index is 711. The van der Waals surface area contributed by atoms with Crippen LogP contribution in [0.2, 0.25) is 0 Å². The van der Waals surface area contributed by atoms with Gasteiger partial charge in [0, 0.05) is 37.1 Å². The van der Waals surface area contributed by atoms with E-state index in [2.05, 4.69) is 71.5 Å². The van der Waals surface area contributed by atoms with Crippen molar-refractivity contribution in [3.8, 4) is 0 Å². The van der Waals surface area contributed by atoms with E-state index in [1.165, 1.54) is 73.4 Å². The quantitative estimate of drug-likeness (QED) is 0.251. The third-order valence-electron chi connectivity index (χ3n) is 5.40. The van der Waals surface area contributed by atoms with Crippen molar-refractivity contribution < 1.29 is 9.13 Å². The molecule has 3 aromatic rings. The molecular weight excluding hydrogens is 316 g/mol.